The van der Waals surface area contributed by atoms with Crippen LogP contribution in [0.1, 0.15) is 46.3 Å². The van der Waals surface area contributed by atoms with Crippen molar-refractivity contribution in [3.63, 3.8) is 0 Å². The highest BCUT2D eigenvalue weighted by Gasteiger charge is 2.30. The van der Waals surface area contributed by atoms with E-state index < -0.39 is 25.1 Å². The Morgan fingerprint density at radius 2 is 1.81 bits per heavy atom. The van der Waals surface area contributed by atoms with Crippen LogP contribution in [-0.4, -0.2) is 34.3 Å². The van der Waals surface area contributed by atoms with Crippen molar-refractivity contribution in [3.05, 3.63) is 51.7 Å². The van der Waals surface area contributed by atoms with Gasteiger partial charge in [-0.25, -0.2) is 4.57 Å². The molecule has 0 spiro atoms. The summed E-state index contributed by atoms with van der Waals surface area (Å²) in [5.74, 6) is 0.231. The molecule has 0 aliphatic rings. The lowest BCUT2D eigenvalue weighted by atomic mass is 9.98. The zero-order valence-corrected chi connectivity index (χ0v) is 19.0. The Hall–Kier alpha value is -1.75. The molecule has 1 heterocycles. The van der Waals surface area contributed by atoms with Gasteiger partial charge in [0, 0.05) is 16.8 Å². The van der Waals surface area contributed by atoms with Gasteiger partial charge in [-0.05, 0) is 62.6 Å². The van der Waals surface area contributed by atoms with Gasteiger partial charge in [0.2, 0.25) is 0 Å². The van der Waals surface area contributed by atoms with Crippen LogP contribution in [0.25, 0.3) is 0 Å². The minimum Gasteiger partial charge on any atom is -0.494 e. The topological polar surface area (TPSA) is 119 Å². The van der Waals surface area contributed by atoms with Crippen molar-refractivity contribution in [2.24, 2.45) is 5.73 Å². The number of phosphoric ester groups is 1. The first-order valence-electron chi connectivity index (χ1n) is 9.66. The number of carbonyl (C=O) groups excluding carboxylic acids is 1. The van der Waals surface area contributed by atoms with Crippen LogP contribution in [0, 0.1) is 0 Å². The lowest BCUT2D eigenvalue weighted by molar-refractivity contribution is -0.137. The van der Waals surface area contributed by atoms with Crippen molar-refractivity contribution >= 4 is 24.9 Å². The van der Waals surface area contributed by atoms with Crippen LogP contribution < -0.4 is 10.5 Å². The number of aryl methyl sites for hydroxylation is 1. The number of ketones is 1. The maximum atomic E-state index is 12.5. The summed E-state index contributed by atoms with van der Waals surface area (Å²) in [5.41, 5.74) is 4.31. The highest BCUT2D eigenvalue weighted by molar-refractivity contribution is 7.46. The molecular weight excluding hydrogens is 470 g/mol. The predicted molar refractivity (Wildman–Crippen MR) is 114 cm³/mol. The minimum absolute atomic E-state index is 0.0717. The largest absolute Gasteiger partial charge is 0.494 e. The molecule has 2 aromatic rings. The molecule has 1 unspecified atom stereocenters. The maximum absolute atomic E-state index is 12.5. The fourth-order valence-electron chi connectivity index (χ4n) is 2.66. The number of nitrogens with two attached hydrogens (primary N) is 1. The smallest absolute Gasteiger partial charge is 0.469 e. The van der Waals surface area contributed by atoms with Crippen molar-refractivity contribution in [3.8, 4) is 5.75 Å². The van der Waals surface area contributed by atoms with Crippen LogP contribution in [0.3, 0.4) is 0 Å². The zero-order valence-electron chi connectivity index (χ0n) is 17.3. The summed E-state index contributed by atoms with van der Waals surface area (Å²) < 4.78 is 58.3. The summed E-state index contributed by atoms with van der Waals surface area (Å²) in [6.45, 7) is 1.52. The van der Waals surface area contributed by atoms with Crippen molar-refractivity contribution in [1.29, 1.82) is 0 Å². The van der Waals surface area contributed by atoms with E-state index in [1.807, 2.05) is 0 Å². The van der Waals surface area contributed by atoms with E-state index in [9.17, 15) is 22.5 Å². The number of halogens is 3. The summed E-state index contributed by atoms with van der Waals surface area (Å²) >= 11 is 1.32. The Bertz CT molecular complexity index is 940. The first-order valence-corrected chi connectivity index (χ1v) is 12.0. The van der Waals surface area contributed by atoms with E-state index in [1.54, 1.807) is 19.1 Å². The number of thiophene rings is 1. The standard InChI is InChI=1S/C20H25F3NO6PS/c1-19(24,13-30-31(26,27)28)11-10-16-8-9-18(32-16)17(25)3-2-12-29-15-6-4-14(5-7-15)20(21,22)23/h4-9H,2-3,10-13,24H2,1H3,(H2,26,27,28). The predicted octanol–water partition coefficient (Wildman–Crippen LogP) is 4.57. The third-order valence-electron chi connectivity index (χ3n) is 4.44. The molecule has 0 aliphatic heterocycles. The number of Topliss-reactive ketones (excluding diaryl/α,β-unsaturated/α-hetero) is 1. The molecule has 0 amide bonds. The van der Waals surface area contributed by atoms with Crippen LogP contribution in [0.5, 0.6) is 5.75 Å². The van der Waals surface area contributed by atoms with E-state index in [4.69, 9.17) is 20.3 Å². The zero-order chi connectivity index (χ0) is 24.0. The third-order valence-corrected chi connectivity index (χ3v) is 6.09. The van der Waals surface area contributed by atoms with Crippen molar-refractivity contribution in [2.75, 3.05) is 13.2 Å². The molecule has 0 radical (unpaired) electrons. The Kier molecular flexibility index (Phi) is 9.04. The van der Waals surface area contributed by atoms with E-state index in [2.05, 4.69) is 4.52 Å². The number of benzene rings is 1. The molecule has 7 nitrogen and oxygen atoms in total. The van der Waals surface area contributed by atoms with Gasteiger partial charge in [0.25, 0.3) is 0 Å². The molecule has 0 aliphatic carbocycles. The fraction of sp³-hybridized carbons (Fsp3) is 0.450. The molecule has 12 heteroatoms. The molecular formula is C20H25F3NO6PS. The van der Waals surface area contributed by atoms with Crippen molar-refractivity contribution in [2.45, 2.75) is 44.3 Å². The highest BCUT2D eigenvalue weighted by Crippen LogP contribution is 2.37. The number of ether oxygens (including phenoxy) is 1. The quantitative estimate of drug-likeness (QED) is 0.224. The summed E-state index contributed by atoms with van der Waals surface area (Å²) in [4.78, 5) is 31.4. The van der Waals surface area contributed by atoms with Crippen LogP contribution in [-0.2, 0) is 21.7 Å². The van der Waals surface area contributed by atoms with E-state index in [1.165, 1.54) is 23.5 Å². The molecule has 4 N–H and O–H groups in total. The average molecular weight is 495 g/mol. The SMILES string of the molecule is CC(N)(CCc1ccc(C(=O)CCCOc2ccc(C(F)(F)F)cc2)s1)COP(=O)(O)O. The number of carbonyl (C=O) groups is 1. The summed E-state index contributed by atoms with van der Waals surface area (Å²) in [6.07, 6.45) is -2.84. The number of hydrogen-bond acceptors (Lipinski definition) is 6. The number of alkyl halides is 3. The number of rotatable bonds is 12. The molecule has 0 fully saturated rings. The molecule has 0 bridgehead atoms. The molecule has 1 aromatic carbocycles. The average Bonchev–Trinajstić information content (AvgIpc) is 3.17. The molecule has 32 heavy (non-hydrogen) atoms. The van der Waals surface area contributed by atoms with Gasteiger partial charge < -0.3 is 20.3 Å². The molecule has 0 saturated heterocycles. The van der Waals surface area contributed by atoms with Gasteiger partial charge >= 0.3 is 14.0 Å². The lowest BCUT2D eigenvalue weighted by Gasteiger charge is -2.24. The van der Waals surface area contributed by atoms with E-state index in [-0.39, 0.29) is 25.4 Å². The Labute approximate surface area is 187 Å². The number of phosphoric acid groups is 1. The van der Waals surface area contributed by atoms with Crippen LogP contribution in [0.4, 0.5) is 13.2 Å². The second kappa shape index (κ2) is 10.9. The first-order chi connectivity index (χ1) is 14.8. The van der Waals surface area contributed by atoms with E-state index in [0.29, 0.717) is 29.9 Å². The van der Waals surface area contributed by atoms with Crippen molar-refractivity contribution in [1.82, 2.24) is 0 Å². The normalized spacial score (nSPS) is 14.2. The van der Waals surface area contributed by atoms with Crippen LogP contribution in [0.2, 0.25) is 0 Å². The van der Waals surface area contributed by atoms with Crippen LogP contribution >= 0.6 is 19.2 Å². The number of hydrogen-bond donors (Lipinski definition) is 3. The summed E-state index contributed by atoms with van der Waals surface area (Å²) in [5, 5.41) is 0. The Morgan fingerprint density at radius 1 is 1.16 bits per heavy atom. The minimum atomic E-state index is -4.59. The molecule has 1 aromatic heterocycles. The molecule has 0 saturated carbocycles. The lowest BCUT2D eigenvalue weighted by Crippen LogP contribution is -2.41. The second-order valence-corrected chi connectivity index (χ2v) is 9.99. The molecule has 1 atom stereocenters. The Morgan fingerprint density at radius 3 is 2.41 bits per heavy atom. The molecule has 178 valence electrons. The van der Waals surface area contributed by atoms with Gasteiger partial charge in [-0.1, -0.05) is 0 Å². The van der Waals surface area contributed by atoms with Crippen molar-refractivity contribution < 1.29 is 41.6 Å². The first kappa shape index (κ1) is 26.5. The second-order valence-electron chi connectivity index (χ2n) is 7.58. The van der Waals surface area contributed by atoms with E-state index in [0.717, 1.165) is 17.0 Å². The summed E-state index contributed by atoms with van der Waals surface area (Å²) in [6, 6.07) is 7.88. The Balaban J connectivity index is 1.74. The van der Waals surface area contributed by atoms with Gasteiger partial charge in [-0.2, -0.15) is 13.2 Å². The van der Waals surface area contributed by atoms with Gasteiger partial charge in [0.1, 0.15) is 5.75 Å². The maximum Gasteiger partial charge on any atom is 0.469 e. The van der Waals surface area contributed by atoms with Crippen LogP contribution in [0.15, 0.2) is 36.4 Å². The monoisotopic (exact) mass is 495 g/mol. The highest BCUT2D eigenvalue weighted by atomic mass is 32.1. The third kappa shape index (κ3) is 9.40. The van der Waals surface area contributed by atoms with E-state index >= 15 is 0 Å². The van der Waals surface area contributed by atoms with Gasteiger partial charge in [-0.3, -0.25) is 9.32 Å². The molecule has 2 rings (SSSR count). The van der Waals surface area contributed by atoms with Gasteiger partial charge in [0.15, 0.2) is 5.78 Å². The van der Waals surface area contributed by atoms with Gasteiger partial charge in [0.05, 0.1) is 23.7 Å². The summed E-state index contributed by atoms with van der Waals surface area (Å²) in [7, 11) is -4.59. The van der Waals surface area contributed by atoms with Gasteiger partial charge in [-0.15, -0.1) is 11.3 Å². The fourth-order valence-corrected chi connectivity index (χ4v) is 4.10.